The van der Waals surface area contributed by atoms with Crippen LogP contribution in [-0.2, 0) is 29.5 Å². The Morgan fingerprint density at radius 1 is 0.744 bits per heavy atom. The first kappa shape index (κ1) is 28.9. The van der Waals surface area contributed by atoms with Gasteiger partial charge in [0.15, 0.2) is 9.84 Å². The van der Waals surface area contributed by atoms with Crippen LogP contribution in [0.15, 0.2) is 120 Å². The van der Waals surface area contributed by atoms with Gasteiger partial charge in [0.25, 0.3) is 0 Å². The van der Waals surface area contributed by atoms with Crippen molar-refractivity contribution >= 4 is 32.8 Å². The van der Waals surface area contributed by atoms with E-state index in [0.717, 1.165) is 43.8 Å². The van der Waals surface area contributed by atoms with Crippen LogP contribution in [0.25, 0.3) is 26.7 Å². The molecule has 0 aliphatic carbocycles. The maximum Gasteiger partial charge on any atom is 0.175 e. The molecule has 4 aromatic heterocycles. The average Bonchev–Trinajstić information content (AvgIpc) is 3.66. The lowest BCUT2D eigenvalue weighted by molar-refractivity contribution is 0.238. The van der Waals surface area contributed by atoms with Crippen molar-refractivity contribution < 1.29 is 8.42 Å². The largest absolute Gasteiger partial charge is 0.286 e. The normalized spacial score (nSPS) is 11.7. The van der Waals surface area contributed by atoms with Crippen LogP contribution in [0.3, 0.4) is 0 Å². The van der Waals surface area contributed by atoms with Crippen molar-refractivity contribution in [3.8, 4) is 26.7 Å². The van der Waals surface area contributed by atoms with E-state index in [1.165, 1.54) is 6.26 Å². The molecule has 0 fully saturated rings. The van der Waals surface area contributed by atoms with Gasteiger partial charge in [-0.05, 0) is 72.3 Å². The van der Waals surface area contributed by atoms with Gasteiger partial charge < -0.3 is 0 Å². The summed E-state index contributed by atoms with van der Waals surface area (Å²) in [5.74, 6) is 0. The first-order chi connectivity index (χ1) is 20.8. The van der Waals surface area contributed by atoms with Crippen LogP contribution >= 0.6 is 22.9 Å². The molecule has 0 spiro atoms. The van der Waals surface area contributed by atoms with Gasteiger partial charge in [0.05, 0.1) is 43.3 Å². The van der Waals surface area contributed by atoms with Crippen molar-refractivity contribution in [2.75, 3.05) is 6.26 Å². The average molecular weight is 626 g/mol. The third-order valence-corrected chi connectivity index (χ3v) is 9.44. The Hall–Kier alpha value is -4.15. The molecule has 10 heteroatoms. The van der Waals surface area contributed by atoms with Gasteiger partial charge in [-0.15, -0.1) is 11.3 Å². The van der Waals surface area contributed by atoms with Crippen molar-refractivity contribution in [3.05, 3.63) is 138 Å². The molecule has 216 valence electrons. The molecule has 0 aliphatic rings. The lowest BCUT2D eigenvalue weighted by Gasteiger charge is -2.20. The minimum atomic E-state index is -3.32. The highest BCUT2D eigenvalue weighted by Crippen LogP contribution is 2.37. The van der Waals surface area contributed by atoms with Crippen molar-refractivity contribution in [1.82, 2.24) is 24.6 Å². The monoisotopic (exact) mass is 625 g/mol. The Morgan fingerprint density at radius 3 is 2.05 bits per heavy atom. The molecule has 0 bridgehead atoms. The third-order valence-electron chi connectivity index (χ3n) is 6.85. The Kier molecular flexibility index (Phi) is 8.49. The highest BCUT2D eigenvalue weighted by molar-refractivity contribution is 7.90. The number of hydrogen-bond donors (Lipinski definition) is 0. The summed E-state index contributed by atoms with van der Waals surface area (Å²) in [4.78, 5) is 13.6. The van der Waals surface area contributed by atoms with Crippen LogP contribution in [-0.4, -0.2) is 39.3 Å². The van der Waals surface area contributed by atoms with Crippen LogP contribution in [0.1, 0.15) is 17.1 Å². The van der Waals surface area contributed by atoms with E-state index in [1.54, 1.807) is 41.9 Å². The molecule has 0 aliphatic heterocycles. The van der Waals surface area contributed by atoms with Gasteiger partial charge in [0.1, 0.15) is 0 Å². The summed E-state index contributed by atoms with van der Waals surface area (Å²) < 4.78 is 26.2. The van der Waals surface area contributed by atoms with Crippen molar-refractivity contribution in [2.45, 2.75) is 24.5 Å². The molecule has 7 nitrogen and oxygen atoms in total. The second kappa shape index (κ2) is 12.6. The second-order valence-electron chi connectivity index (χ2n) is 10.1. The summed E-state index contributed by atoms with van der Waals surface area (Å²) in [6, 6.07) is 32.7. The first-order valence-corrected chi connectivity index (χ1v) is 16.7. The molecule has 0 N–H and O–H groups in total. The zero-order valence-electron chi connectivity index (χ0n) is 23.3. The first-order valence-electron chi connectivity index (χ1n) is 13.6. The van der Waals surface area contributed by atoms with Crippen molar-refractivity contribution in [3.63, 3.8) is 0 Å². The Labute approximate surface area is 260 Å². The van der Waals surface area contributed by atoms with Crippen LogP contribution in [0.4, 0.5) is 0 Å². The number of aromatic nitrogens is 4. The van der Waals surface area contributed by atoms with Gasteiger partial charge >= 0.3 is 0 Å². The zero-order chi connectivity index (χ0) is 29.8. The van der Waals surface area contributed by atoms with Crippen LogP contribution in [0.2, 0.25) is 5.02 Å². The van der Waals surface area contributed by atoms with E-state index in [9.17, 15) is 8.42 Å². The molecule has 2 aromatic carbocycles. The van der Waals surface area contributed by atoms with Crippen molar-refractivity contribution in [1.29, 1.82) is 0 Å². The zero-order valence-corrected chi connectivity index (χ0v) is 25.7. The van der Waals surface area contributed by atoms with Crippen molar-refractivity contribution in [2.24, 2.45) is 0 Å². The summed E-state index contributed by atoms with van der Waals surface area (Å²) in [6.45, 7) is 1.82. The minimum Gasteiger partial charge on any atom is -0.286 e. The lowest BCUT2D eigenvalue weighted by Crippen LogP contribution is -2.23. The van der Waals surface area contributed by atoms with Gasteiger partial charge in [-0.25, -0.2) is 13.1 Å². The summed E-state index contributed by atoms with van der Waals surface area (Å²) >= 11 is 8.25. The van der Waals surface area contributed by atoms with E-state index in [2.05, 4.69) is 20.9 Å². The van der Waals surface area contributed by atoms with Crippen LogP contribution in [0.5, 0.6) is 0 Å². The SMILES string of the molecule is CS(=O)(=O)c1cccc(-c2ccc(-c3cc(CN(Cc4ccccn4)Cc4ccccn4)nn3-c3ccccc3Cl)s2)c1. The maximum atomic E-state index is 12.2. The smallest absolute Gasteiger partial charge is 0.175 e. The van der Waals surface area contributed by atoms with Gasteiger partial charge in [0, 0.05) is 43.2 Å². The van der Waals surface area contributed by atoms with E-state index < -0.39 is 9.84 Å². The molecular weight excluding hydrogens is 598 g/mol. The summed E-state index contributed by atoms with van der Waals surface area (Å²) in [5, 5.41) is 5.64. The standard InChI is InChI=1S/C33H28ClN5O2S2/c1-43(40,41)28-12-8-9-24(19-28)32-15-16-33(42-32)31-20-27(37-39(31)30-14-3-2-13-29(30)34)23-38(21-25-10-4-6-17-35-25)22-26-11-5-7-18-36-26/h2-20H,21-23H2,1H3. The van der Waals surface area contributed by atoms with E-state index in [4.69, 9.17) is 16.7 Å². The summed E-state index contributed by atoms with van der Waals surface area (Å²) in [6.07, 6.45) is 4.83. The number of pyridine rings is 2. The summed E-state index contributed by atoms with van der Waals surface area (Å²) in [5.41, 5.74) is 5.32. The quantitative estimate of drug-likeness (QED) is 0.159. The minimum absolute atomic E-state index is 0.296. The Morgan fingerprint density at radius 2 is 1.40 bits per heavy atom. The number of rotatable bonds is 10. The number of nitrogens with zero attached hydrogens (tertiary/aromatic N) is 5. The predicted octanol–water partition coefficient (Wildman–Crippen LogP) is 7.32. The van der Waals surface area contributed by atoms with Crippen LogP contribution in [0, 0.1) is 0 Å². The molecule has 0 radical (unpaired) electrons. The molecule has 0 unspecified atom stereocenters. The topological polar surface area (TPSA) is 81.0 Å². The fraction of sp³-hybridized carbons (Fsp3) is 0.121. The molecule has 0 saturated heterocycles. The molecule has 6 rings (SSSR count). The number of sulfone groups is 1. The number of benzene rings is 2. The molecule has 43 heavy (non-hydrogen) atoms. The van der Waals surface area contributed by atoms with Crippen LogP contribution < -0.4 is 0 Å². The molecule has 0 atom stereocenters. The molecular formula is C33H28ClN5O2S2. The second-order valence-corrected chi connectivity index (χ2v) is 13.6. The molecule has 6 aromatic rings. The van der Waals surface area contributed by atoms with Gasteiger partial charge in [-0.3, -0.25) is 14.9 Å². The van der Waals surface area contributed by atoms with Gasteiger partial charge in [-0.1, -0.05) is 48.0 Å². The highest BCUT2D eigenvalue weighted by Gasteiger charge is 2.19. The molecule has 0 amide bonds. The van der Waals surface area contributed by atoms with E-state index in [1.807, 2.05) is 83.5 Å². The third kappa shape index (κ3) is 6.92. The fourth-order valence-corrected chi connectivity index (χ4v) is 6.73. The Bertz CT molecular complexity index is 1920. The highest BCUT2D eigenvalue weighted by atomic mass is 35.5. The fourth-order valence-electron chi connectivity index (χ4n) is 4.84. The molecule has 0 saturated carbocycles. The number of halogens is 1. The van der Waals surface area contributed by atoms with E-state index >= 15 is 0 Å². The van der Waals surface area contributed by atoms with E-state index in [-0.39, 0.29) is 0 Å². The Balaban J connectivity index is 1.38. The number of para-hydroxylation sites is 1. The molecule has 4 heterocycles. The maximum absolute atomic E-state index is 12.2. The lowest BCUT2D eigenvalue weighted by atomic mass is 10.2. The number of hydrogen-bond acceptors (Lipinski definition) is 7. The number of thiophene rings is 1. The predicted molar refractivity (Wildman–Crippen MR) is 172 cm³/mol. The van der Waals surface area contributed by atoms with Gasteiger partial charge in [0.2, 0.25) is 0 Å². The van der Waals surface area contributed by atoms with E-state index in [0.29, 0.717) is 29.6 Å². The summed E-state index contributed by atoms with van der Waals surface area (Å²) in [7, 11) is -3.32. The van der Waals surface area contributed by atoms with Gasteiger partial charge in [-0.2, -0.15) is 5.10 Å².